The summed E-state index contributed by atoms with van der Waals surface area (Å²) in [5.41, 5.74) is 0.113. The summed E-state index contributed by atoms with van der Waals surface area (Å²) in [7, 11) is 0. The molecule has 26 heavy (non-hydrogen) atoms. The third kappa shape index (κ3) is 8.17. The molecule has 1 aliphatic carbocycles. The standard InChI is InChI=1S/C20H30O6/c1-20(2)16-18(20)19(21)26-15-13-24-11-9-22-8-10-23-12-14-25-17-6-4-3-5-7-17/h3-7,18H,8-16H2,1-2H3. The molecular formula is C20H30O6. The second-order valence-corrected chi connectivity index (χ2v) is 6.91. The van der Waals surface area contributed by atoms with E-state index in [1.807, 2.05) is 30.3 Å². The Morgan fingerprint density at radius 3 is 1.92 bits per heavy atom. The molecule has 1 aromatic rings. The van der Waals surface area contributed by atoms with E-state index in [9.17, 15) is 4.79 Å². The zero-order chi connectivity index (χ0) is 18.7. The summed E-state index contributed by atoms with van der Waals surface area (Å²) in [5.74, 6) is 0.795. The Morgan fingerprint density at radius 2 is 1.38 bits per heavy atom. The van der Waals surface area contributed by atoms with Gasteiger partial charge in [0.2, 0.25) is 0 Å². The number of rotatable bonds is 14. The van der Waals surface area contributed by atoms with Gasteiger partial charge in [0.15, 0.2) is 0 Å². The van der Waals surface area contributed by atoms with E-state index in [4.69, 9.17) is 23.7 Å². The molecule has 0 aliphatic heterocycles. The van der Waals surface area contributed by atoms with Crippen molar-refractivity contribution < 1.29 is 28.5 Å². The zero-order valence-corrected chi connectivity index (χ0v) is 15.8. The van der Waals surface area contributed by atoms with E-state index in [2.05, 4.69) is 13.8 Å². The number of ether oxygens (including phenoxy) is 5. The van der Waals surface area contributed by atoms with Crippen LogP contribution in [0.3, 0.4) is 0 Å². The maximum absolute atomic E-state index is 11.7. The van der Waals surface area contributed by atoms with Crippen LogP contribution in [0.25, 0.3) is 0 Å². The molecule has 6 nitrogen and oxygen atoms in total. The van der Waals surface area contributed by atoms with E-state index in [1.165, 1.54) is 0 Å². The first kappa shape index (κ1) is 20.7. The molecule has 1 saturated carbocycles. The molecule has 0 radical (unpaired) electrons. The minimum atomic E-state index is -0.108. The number of hydrogen-bond acceptors (Lipinski definition) is 6. The molecule has 1 aliphatic rings. The third-order valence-corrected chi connectivity index (χ3v) is 4.25. The molecule has 0 saturated heterocycles. The Balaban J connectivity index is 1.29. The molecule has 0 amide bonds. The lowest BCUT2D eigenvalue weighted by Crippen LogP contribution is -2.16. The Bertz CT molecular complexity index is 516. The van der Waals surface area contributed by atoms with Crippen LogP contribution in [0.5, 0.6) is 5.75 Å². The van der Waals surface area contributed by atoms with Gasteiger partial charge in [0.25, 0.3) is 0 Å². The van der Waals surface area contributed by atoms with E-state index in [-0.39, 0.29) is 17.3 Å². The van der Waals surface area contributed by atoms with Gasteiger partial charge < -0.3 is 23.7 Å². The van der Waals surface area contributed by atoms with Gasteiger partial charge in [0.05, 0.1) is 45.6 Å². The van der Waals surface area contributed by atoms with Crippen molar-refractivity contribution in [2.75, 3.05) is 52.9 Å². The molecular weight excluding hydrogens is 336 g/mol. The Kier molecular flexibility index (Phi) is 8.88. The van der Waals surface area contributed by atoms with Crippen LogP contribution in [0.4, 0.5) is 0 Å². The van der Waals surface area contributed by atoms with Crippen molar-refractivity contribution >= 4 is 5.97 Å². The van der Waals surface area contributed by atoms with Gasteiger partial charge in [-0.05, 0) is 24.0 Å². The Morgan fingerprint density at radius 1 is 0.885 bits per heavy atom. The number of hydrogen-bond donors (Lipinski definition) is 0. The molecule has 1 aromatic carbocycles. The van der Waals surface area contributed by atoms with Crippen LogP contribution < -0.4 is 4.74 Å². The van der Waals surface area contributed by atoms with Crippen LogP contribution in [-0.4, -0.2) is 58.8 Å². The largest absolute Gasteiger partial charge is 0.491 e. The summed E-state index contributed by atoms with van der Waals surface area (Å²) >= 11 is 0. The highest BCUT2D eigenvalue weighted by molar-refractivity contribution is 5.76. The predicted molar refractivity (Wildman–Crippen MR) is 97.2 cm³/mol. The number of carbonyl (C=O) groups excluding carboxylic acids is 1. The molecule has 6 heteroatoms. The summed E-state index contributed by atoms with van der Waals surface area (Å²) in [6, 6.07) is 9.65. The number of carbonyl (C=O) groups is 1. The van der Waals surface area contributed by atoms with Gasteiger partial charge in [-0.2, -0.15) is 0 Å². The zero-order valence-electron chi connectivity index (χ0n) is 15.8. The summed E-state index contributed by atoms with van der Waals surface area (Å²) < 4.78 is 26.9. The van der Waals surface area contributed by atoms with E-state index in [1.54, 1.807) is 0 Å². The molecule has 1 fully saturated rings. The highest BCUT2D eigenvalue weighted by Gasteiger charge is 2.51. The smallest absolute Gasteiger partial charge is 0.309 e. The van der Waals surface area contributed by atoms with Crippen molar-refractivity contribution in [2.24, 2.45) is 11.3 Å². The van der Waals surface area contributed by atoms with Crippen LogP contribution in [0, 0.1) is 11.3 Å². The fraction of sp³-hybridized carbons (Fsp3) is 0.650. The van der Waals surface area contributed by atoms with Crippen LogP contribution >= 0.6 is 0 Å². The molecule has 2 rings (SSSR count). The van der Waals surface area contributed by atoms with Crippen molar-refractivity contribution in [3.8, 4) is 5.75 Å². The number of para-hydroxylation sites is 1. The van der Waals surface area contributed by atoms with Gasteiger partial charge in [0.1, 0.15) is 19.0 Å². The fourth-order valence-electron chi connectivity index (χ4n) is 2.45. The number of benzene rings is 1. The summed E-state index contributed by atoms with van der Waals surface area (Å²) in [6.45, 7) is 7.90. The first-order chi connectivity index (χ1) is 12.6. The fourth-order valence-corrected chi connectivity index (χ4v) is 2.45. The van der Waals surface area contributed by atoms with E-state index in [0.717, 1.165) is 12.2 Å². The van der Waals surface area contributed by atoms with Gasteiger partial charge >= 0.3 is 5.97 Å². The third-order valence-electron chi connectivity index (χ3n) is 4.25. The Labute approximate surface area is 155 Å². The summed E-state index contributed by atoms with van der Waals surface area (Å²) in [6.07, 6.45) is 0.918. The van der Waals surface area contributed by atoms with Gasteiger partial charge in [-0.1, -0.05) is 32.0 Å². The summed E-state index contributed by atoms with van der Waals surface area (Å²) in [5, 5.41) is 0. The monoisotopic (exact) mass is 366 g/mol. The second-order valence-electron chi connectivity index (χ2n) is 6.91. The first-order valence-corrected chi connectivity index (χ1v) is 9.17. The van der Waals surface area contributed by atoms with Gasteiger partial charge in [-0.25, -0.2) is 0 Å². The van der Waals surface area contributed by atoms with Crippen molar-refractivity contribution in [1.29, 1.82) is 0 Å². The highest BCUT2D eigenvalue weighted by atomic mass is 16.6. The molecule has 0 bridgehead atoms. The quantitative estimate of drug-likeness (QED) is 0.373. The predicted octanol–water partition coefficient (Wildman–Crippen LogP) is 2.70. The van der Waals surface area contributed by atoms with Gasteiger partial charge in [-0.15, -0.1) is 0 Å². The Hall–Kier alpha value is -1.63. The molecule has 0 spiro atoms. The lowest BCUT2D eigenvalue weighted by Gasteiger charge is -2.08. The topological polar surface area (TPSA) is 63.2 Å². The molecule has 0 N–H and O–H groups in total. The molecule has 1 atom stereocenters. The first-order valence-electron chi connectivity index (χ1n) is 9.17. The maximum Gasteiger partial charge on any atom is 0.309 e. The summed E-state index contributed by atoms with van der Waals surface area (Å²) in [4.78, 5) is 11.7. The molecule has 0 aromatic heterocycles. The average Bonchev–Trinajstić information content (AvgIpc) is 3.28. The lowest BCUT2D eigenvalue weighted by atomic mass is 10.1. The van der Waals surface area contributed by atoms with Crippen molar-refractivity contribution in [1.82, 2.24) is 0 Å². The van der Waals surface area contributed by atoms with E-state index >= 15 is 0 Å². The van der Waals surface area contributed by atoms with Crippen molar-refractivity contribution in [3.05, 3.63) is 30.3 Å². The molecule has 1 unspecified atom stereocenters. The van der Waals surface area contributed by atoms with Crippen LogP contribution in [0.15, 0.2) is 30.3 Å². The molecule has 146 valence electrons. The van der Waals surface area contributed by atoms with Gasteiger partial charge in [-0.3, -0.25) is 4.79 Å². The van der Waals surface area contributed by atoms with Crippen LogP contribution in [0.1, 0.15) is 20.3 Å². The van der Waals surface area contributed by atoms with E-state index < -0.39 is 0 Å². The maximum atomic E-state index is 11.7. The average molecular weight is 366 g/mol. The van der Waals surface area contributed by atoms with Crippen LogP contribution in [0.2, 0.25) is 0 Å². The normalized spacial score (nSPS) is 17.7. The molecule has 0 heterocycles. The SMILES string of the molecule is CC1(C)CC1C(=O)OCCOCCOCCOCCOc1ccccc1. The van der Waals surface area contributed by atoms with Crippen molar-refractivity contribution in [2.45, 2.75) is 20.3 Å². The minimum Gasteiger partial charge on any atom is -0.491 e. The van der Waals surface area contributed by atoms with Crippen LogP contribution in [-0.2, 0) is 23.7 Å². The lowest BCUT2D eigenvalue weighted by molar-refractivity contribution is -0.147. The number of esters is 1. The second kappa shape index (κ2) is 11.2. The van der Waals surface area contributed by atoms with Gasteiger partial charge in [0, 0.05) is 0 Å². The van der Waals surface area contributed by atoms with Crippen molar-refractivity contribution in [3.63, 3.8) is 0 Å². The minimum absolute atomic E-state index is 0.0592. The highest BCUT2D eigenvalue weighted by Crippen LogP contribution is 2.52. The van der Waals surface area contributed by atoms with E-state index in [0.29, 0.717) is 52.9 Å².